The highest BCUT2D eigenvalue weighted by Crippen LogP contribution is 2.26. The van der Waals surface area contributed by atoms with Crippen molar-refractivity contribution in [3.63, 3.8) is 0 Å². The van der Waals surface area contributed by atoms with Gasteiger partial charge in [-0.1, -0.05) is 18.2 Å². The molecule has 1 aromatic carbocycles. The van der Waals surface area contributed by atoms with Gasteiger partial charge in [-0.3, -0.25) is 10.9 Å². The van der Waals surface area contributed by atoms with Crippen LogP contribution in [0.5, 0.6) is 0 Å². The van der Waals surface area contributed by atoms with Crippen LogP contribution in [0.4, 0.5) is 5.69 Å². The summed E-state index contributed by atoms with van der Waals surface area (Å²) in [6, 6.07) is 8.12. The topological polar surface area (TPSA) is 73.5 Å². The van der Waals surface area contributed by atoms with Crippen molar-refractivity contribution >= 4 is 15.7 Å². The van der Waals surface area contributed by atoms with Gasteiger partial charge in [0.25, 0.3) is 0 Å². The predicted octanol–water partition coefficient (Wildman–Crippen LogP) is 0.222. The standard InChI is InChI=1S/C15H24N4O2S/c1-11-15(12(2)18-17-11)22(20,21)16-8-10-19-9-7-13-5-3-4-6-14(13)19/h3-6,11-12,15-18H,7-10H2,1-2H3. The number of rotatable bonds is 5. The molecular weight excluding hydrogens is 300 g/mol. The van der Waals surface area contributed by atoms with E-state index in [2.05, 4.69) is 32.6 Å². The fourth-order valence-corrected chi connectivity index (χ4v) is 5.23. The Labute approximate surface area is 132 Å². The number of nitrogens with one attached hydrogen (secondary N) is 3. The third-order valence-electron chi connectivity index (χ3n) is 4.55. The Balaban J connectivity index is 1.57. The lowest BCUT2D eigenvalue weighted by atomic mass is 10.2. The van der Waals surface area contributed by atoms with Gasteiger partial charge in [0.1, 0.15) is 5.25 Å². The molecule has 2 unspecified atom stereocenters. The minimum absolute atomic E-state index is 0.0972. The lowest BCUT2D eigenvalue weighted by Gasteiger charge is -2.22. The molecule has 2 aliphatic rings. The van der Waals surface area contributed by atoms with Gasteiger partial charge in [-0.25, -0.2) is 13.1 Å². The number of fused-ring (bicyclic) bond motifs is 1. The van der Waals surface area contributed by atoms with E-state index in [0.29, 0.717) is 13.1 Å². The molecule has 0 aliphatic carbocycles. The number of hydrogen-bond acceptors (Lipinski definition) is 5. The lowest BCUT2D eigenvalue weighted by Crippen LogP contribution is -2.46. The molecule has 3 rings (SSSR count). The SMILES string of the molecule is CC1NNC(C)C1S(=O)(=O)NCCN1CCc2ccccc21. The van der Waals surface area contributed by atoms with Crippen molar-refractivity contribution < 1.29 is 8.42 Å². The molecule has 0 amide bonds. The number of hydrogen-bond donors (Lipinski definition) is 3. The van der Waals surface area contributed by atoms with Crippen LogP contribution in [0.25, 0.3) is 0 Å². The minimum atomic E-state index is -3.33. The molecule has 1 aromatic rings. The average molecular weight is 324 g/mol. The Bertz CT molecular complexity index is 624. The molecule has 2 atom stereocenters. The summed E-state index contributed by atoms with van der Waals surface area (Å²) in [6.07, 6.45) is 1.04. The van der Waals surface area contributed by atoms with E-state index in [4.69, 9.17) is 0 Å². The van der Waals surface area contributed by atoms with Crippen molar-refractivity contribution in [3.8, 4) is 0 Å². The summed E-state index contributed by atoms with van der Waals surface area (Å²) in [7, 11) is -3.33. The first-order valence-corrected chi connectivity index (χ1v) is 9.36. The molecule has 0 spiro atoms. The van der Waals surface area contributed by atoms with Crippen LogP contribution in [0.2, 0.25) is 0 Å². The van der Waals surface area contributed by atoms with E-state index in [1.165, 1.54) is 11.3 Å². The van der Waals surface area contributed by atoms with Crippen LogP contribution in [-0.4, -0.2) is 45.4 Å². The Hall–Kier alpha value is -1.15. The fourth-order valence-electron chi connectivity index (χ4n) is 3.46. The molecule has 1 fully saturated rings. The maximum atomic E-state index is 12.5. The van der Waals surface area contributed by atoms with E-state index in [-0.39, 0.29) is 12.1 Å². The summed E-state index contributed by atoms with van der Waals surface area (Å²) in [4.78, 5) is 2.25. The van der Waals surface area contributed by atoms with Gasteiger partial charge in [0.15, 0.2) is 0 Å². The van der Waals surface area contributed by atoms with Crippen molar-refractivity contribution in [1.82, 2.24) is 15.6 Å². The van der Waals surface area contributed by atoms with Crippen LogP contribution in [-0.2, 0) is 16.4 Å². The van der Waals surface area contributed by atoms with Gasteiger partial charge >= 0.3 is 0 Å². The highest BCUT2D eigenvalue weighted by Gasteiger charge is 2.39. The number of benzene rings is 1. The highest BCUT2D eigenvalue weighted by molar-refractivity contribution is 7.90. The molecule has 0 bridgehead atoms. The van der Waals surface area contributed by atoms with Crippen molar-refractivity contribution in [2.24, 2.45) is 0 Å². The van der Waals surface area contributed by atoms with Gasteiger partial charge in [0, 0.05) is 37.4 Å². The summed E-state index contributed by atoms with van der Waals surface area (Å²) in [5.41, 5.74) is 8.55. The van der Waals surface area contributed by atoms with Gasteiger partial charge in [-0.05, 0) is 31.9 Å². The quantitative estimate of drug-likeness (QED) is 0.723. The van der Waals surface area contributed by atoms with Gasteiger partial charge in [-0.15, -0.1) is 0 Å². The molecule has 0 aromatic heterocycles. The summed E-state index contributed by atoms with van der Waals surface area (Å²) in [5.74, 6) is 0. The third kappa shape index (κ3) is 2.99. The monoisotopic (exact) mass is 324 g/mol. The highest BCUT2D eigenvalue weighted by atomic mass is 32.2. The zero-order valence-corrected chi connectivity index (χ0v) is 13.9. The molecule has 122 valence electrons. The molecule has 0 radical (unpaired) electrons. The van der Waals surface area contributed by atoms with Crippen molar-refractivity contribution in [2.75, 3.05) is 24.5 Å². The minimum Gasteiger partial charge on any atom is -0.370 e. The summed E-state index contributed by atoms with van der Waals surface area (Å²) in [6.45, 7) is 5.87. The normalized spacial score (nSPS) is 28.1. The molecule has 2 heterocycles. The van der Waals surface area contributed by atoms with Gasteiger partial charge in [0.2, 0.25) is 10.0 Å². The maximum absolute atomic E-state index is 12.5. The van der Waals surface area contributed by atoms with Gasteiger partial charge < -0.3 is 4.90 Å². The average Bonchev–Trinajstić information content (AvgIpc) is 3.03. The number of hydrazine groups is 1. The molecular formula is C15H24N4O2S. The van der Waals surface area contributed by atoms with Crippen LogP contribution in [0.15, 0.2) is 24.3 Å². The summed E-state index contributed by atoms with van der Waals surface area (Å²) < 4.78 is 27.7. The second-order valence-electron chi connectivity index (χ2n) is 6.14. The smallest absolute Gasteiger partial charge is 0.217 e. The second-order valence-corrected chi connectivity index (χ2v) is 8.06. The van der Waals surface area contributed by atoms with E-state index in [9.17, 15) is 8.42 Å². The third-order valence-corrected chi connectivity index (χ3v) is 6.69. The number of sulfonamides is 1. The molecule has 6 nitrogen and oxygen atoms in total. The first kappa shape index (κ1) is 15.7. The molecule has 7 heteroatoms. The zero-order chi connectivity index (χ0) is 15.7. The first-order chi connectivity index (χ1) is 10.5. The van der Waals surface area contributed by atoms with Crippen LogP contribution < -0.4 is 20.5 Å². The largest absolute Gasteiger partial charge is 0.370 e. The number of nitrogens with zero attached hydrogens (tertiary/aromatic N) is 1. The van der Waals surface area contributed by atoms with Crippen LogP contribution in [0, 0.1) is 0 Å². The Morgan fingerprint density at radius 3 is 2.64 bits per heavy atom. The van der Waals surface area contributed by atoms with E-state index in [1.54, 1.807) is 0 Å². The predicted molar refractivity (Wildman–Crippen MR) is 88.3 cm³/mol. The summed E-state index contributed by atoms with van der Waals surface area (Å²) in [5, 5.41) is -0.446. The number of anilines is 1. The van der Waals surface area contributed by atoms with E-state index in [0.717, 1.165) is 13.0 Å². The van der Waals surface area contributed by atoms with Crippen LogP contribution in [0.3, 0.4) is 0 Å². The molecule has 1 saturated heterocycles. The fraction of sp³-hybridized carbons (Fsp3) is 0.600. The van der Waals surface area contributed by atoms with Gasteiger partial charge in [-0.2, -0.15) is 0 Å². The van der Waals surface area contributed by atoms with Crippen LogP contribution in [0.1, 0.15) is 19.4 Å². The Kier molecular flexibility index (Phi) is 4.40. The van der Waals surface area contributed by atoms with E-state index < -0.39 is 15.3 Å². The van der Waals surface area contributed by atoms with E-state index >= 15 is 0 Å². The Morgan fingerprint density at radius 2 is 1.91 bits per heavy atom. The van der Waals surface area contributed by atoms with E-state index in [1.807, 2.05) is 26.0 Å². The van der Waals surface area contributed by atoms with Crippen molar-refractivity contribution in [1.29, 1.82) is 0 Å². The van der Waals surface area contributed by atoms with Crippen molar-refractivity contribution in [3.05, 3.63) is 29.8 Å². The molecule has 2 aliphatic heterocycles. The van der Waals surface area contributed by atoms with Crippen LogP contribution >= 0.6 is 0 Å². The molecule has 0 saturated carbocycles. The Morgan fingerprint density at radius 1 is 1.23 bits per heavy atom. The number of para-hydroxylation sites is 1. The molecule has 3 N–H and O–H groups in total. The lowest BCUT2D eigenvalue weighted by molar-refractivity contribution is 0.544. The maximum Gasteiger partial charge on any atom is 0.217 e. The first-order valence-electron chi connectivity index (χ1n) is 7.81. The van der Waals surface area contributed by atoms with Crippen molar-refractivity contribution in [2.45, 2.75) is 37.6 Å². The summed E-state index contributed by atoms with van der Waals surface area (Å²) >= 11 is 0. The second kappa shape index (κ2) is 6.16. The molecule has 22 heavy (non-hydrogen) atoms. The zero-order valence-electron chi connectivity index (χ0n) is 13.0. The van der Waals surface area contributed by atoms with Gasteiger partial charge in [0.05, 0.1) is 0 Å².